The standard InChI is InChI=1S/C34H39N3O5/c1-40-29-10-11-32(41-2)27(23-29)12-15-35-34(39)31-9-4-3-8-30(31)25-13-16-36(17-14-25)18-19-37-20-21-42-33(24-37)26-6-5-7-28(38)22-26/h3-11,20-21,23-25H,12-19,22H2,1-2H3,(H,35,39). The minimum Gasteiger partial charge on any atom is -0.497 e. The zero-order valence-corrected chi connectivity index (χ0v) is 24.4. The van der Waals surface area contributed by atoms with Gasteiger partial charge in [0.2, 0.25) is 0 Å². The zero-order valence-electron chi connectivity index (χ0n) is 24.4. The second kappa shape index (κ2) is 14.0. The highest BCUT2D eigenvalue weighted by Crippen LogP contribution is 2.31. The van der Waals surface area contributed by atoms with Gasteiger partial charge >= 0.3 is 0 Å². The Morgan fingerprint density at radius 1 is 1.07 bits per heavy atom. The van der Waals surface area contributed by atoms with Crippen molar-refractivity contribution in [2.24, 2.45) is 0 Å². The molecular weight excluding hydrogens is 530 g/mol. The van der Waals surface area contributed by atoms with Crippen molar-refractivity contribution in [3.63, 3.8) is 0 Å². The van der Waals surface area contributed by atoms with Gasteiger partial charge in [-0.05, 0) is 79.7 Å². The van der Waals surface area contributed by atoms with Crippen LogP contribution in [0.4, 0.5) is 0 Å². The molecule has 0 atom stereocenters. The van der Waals surface area contributed by atoms with Gasteiger partial charge in [-0.25, -0.2) is 0 Å². The van der Waals surface area contributed by atoms with E-state index < -0.39 is 0 Å². The minimum absolute atomic E-state index is 0.0399. The topological polar surface area (TPSA) is 80.3 Å². The summed E-state index contributed by atoms with van der Waals surface area (Å²) in [5.74, 6) is 2.68. The quantitative estimate of drug-likeness (QED) is 0.410. The molecule has 2 aliphatic heterocycles. The molecule has 5 rings (SSSR count). The number of ether oxygens (including phenoxy) is 3. The third kappa shape index (κ3) is 7.31. The third-order valence-corrected chi connectivity index (χ3v) is 8.07. The van der Waals surface area contributed by atoms with E-state index in [1.807, 2.05) is 54.9 Å². The van der Waals surface area contributed by atoms with Crippen molar-refractivity contribution in [2.45, 2.75) is 31.6 Å². The lowest BCUT2D eigenvalue weighted by Gasteiger charge is -2.34. The average molecular weight is 570 g/mol. The number of methoxy groups -OCH3 is 2. The van der Waals surface area contributed by atoms with E-state index in [2.05, 4.69) is 21.2 Å². The van der Waals surface area contributed by atoms with Crippen molar-refractivity contribution >= 4 is 11.7 Å². The first-order valence-electron chi connectivity index (χ1n) is 14.6. The van der Waals surface area contributed by atoms with Gasteiger partial charge in [0.1, 0.15) is 23.5 Å². The fraction of sp³-hybridized carbons (Fsp3) is 0.353. The van der Waals surface area contributed by atoms with Crippen LogP contribution in [-0.4, -0.2) is 68.4 Å². The molecule has 1 amide bonds. The molecule has 8 heteroatoms. The second-order valence-electron chi connectivity index (χ2n) is 10.7. The number of ketones is 1. The molecule has 2 aromatic rings. The number of carbonyl (C=O) groups excluding carboxylic acids is 2. The Balaban J connectivity index is 1.12. The Morgan fingerprint density at radius 2 is 1.90 bits per heavy atom. The second-order valence-corrected chi connectivity index (χ2v) is 10.7. The number of rotatable bonds is 11. The summed E-state index contributed by atoms with van der Waals surface area (Å²) < 4.78 is 16.5. The lowest BCUT2D eigenvalue weighted by Crippen LogP contribution is -2.38. The molecule has 1 saturated heterocycles. The van der Waals surface area contributed by atoms with Crippen LogP contribution in [0.15, 0.2) is 90.7 Å². The summed E-state index contributed by atoms with van der Waals surface area (Å²) in [4.78, 5) is 29.6. The molecule has 3 aliphatic rings. The summed E-state index contributed by atoms with van der Waals surface area (Å²) in [6, 6.07) is 13.7. The first-order chi connectivity index (χ1) is 20.5. The number of hydrogen-bond donors (Lipinski definition) is 1. The van der Waals surface area contributed by atoms with Gasteiger partial charge in [-0.2, -0.15) is 0 Å². The van der Waals surface area contributed by atoms with Crippen molar-refractivity contribution < 1.29 is 23.8 Å². The van der Waals surface area contributed by atoms with Crippen LogP contribution >= 0.6 is 0 Å². The van der Waals surface area contributed by atoms with Crippen LogP contribution < -0.4 is 14.8 Å². The first-order valence-corrected chi connectivity index (χ1v) is 14.6. The monoisotopic (exact) mass is 569 g/mol. The van der Waals surface area contributed by atoms with Gasteiger partial charge in [0.25, 0.3) is 5.91 Å². The summed E-state index contributed by atoms with van der Waals surface area (Å²) in [5.41, 5.74) is 3.78. The van der Waals surface area contributed by atoms with E-state index in [1.54, 1.807) is 32.6 Å². The van der Waals surface area contributed by atoms with Crippen molar-refractivity contribution in [3.05, 3.63) is 107 Å². The highest BCUT2D eigenvalue weighted by Gasteiger charge is 2.25. The highest BCUT2D eigenvalue weighted by atomic mass is 16.5. The smallest absolute Gasteiger partial charge is 0.251 e. The summed E-state index contributed by atoms with van der Waals surface area (Å²) in [5, 5.41) is 3.11. The van der Waals surface area contributed by atoms with E-state index in [9.17, 15) is 9.59 Å². The number of piperidine rings is 1. The van der Waals surface area contributed by atoms with Crippen molar-refractivity contribution in [2.75, 3.05) is 46.9 Å². The molecule has 0 radical (unpaired) electrons. The van der Waals surface area contributed by atoms with E-state index in [0.717, 1.165) is 78.5 Å². The van der Waals surface area contributed by atoms with Crippen molar-refractivity contribution in [1.29, 1.82) is 0 Å². The predicted octanol–water partition coefficient (Wildman–Crippen LogP) is 4.96. The van der Waals surface area contributed by atoms with Crippen LogP contribution in [0.1, 0.15) is 46.7 Å². The van der Waals surface area contributed by atoms with Gasteiger partial charge in [-0.3, -0.25) is 9.59 Å². The number of amides is 1. The van der Waals surface area contributed by atoms with Crippen molar-refractivity contribution in [1.82, 2.24) is 15.1 Å². The highest BCUT2D eigenvalue weighted by molar-refractivity contribution is 5.96. The summed E-state index contributed by atoms with van der Waals surface area (Å²) in [6.45, 7) is 4.22. The maximum Gasteiger partial charge on any atom is 0.251 e. The number of likely N-dealkylation sites (tertiary alicyclic amines) is 1. The summed E-state index contributed by atoms with van der Waals surface area (Å²) in [7, 11) is 3.29. The van der Waals surface area contributed by atoms with Gasteiger partial charge in [0.05, 0.1) is 14.2 Å². The molecule has 0 spiro atoms. The van der Waals surface area contributed by atoms with E-state index in [1.165, 1.54) is 0 Å². The number of hydrogen-bond acceptors (Lipinski definition) is 7. The average Bonchev–Trinajstić information content (AvgIpc) is 3.04. The largest absolute Gasteiger partial charge is 0.497 e. The molecule has 1 fully saturated rings. The molecule has 0 saturated carbocycles. The molecule has 2 aromatic carbocycles. The van der Waals surface area contributed by atoms with Gasteiger partial charge in [-0.1, -0.05) is 30.4 Å². The molecule has 1 aliphatic carbocycles. The molecule has 0 aromatic heterocycles. The number of allylic oxidation sites excluding steroid dienone is 4. The molecule has 8 nitrogen and oxygen atoms in total. The first kappa shape index (κ1) is 29.2. The van der Waals surface area contributed by atoms with E-state index in [-0.39, 0.29) is 11.7 Å². The molecule has 0 unspecified atom stereocenters. The lowest BCUT2D eigenvalue weighted by molar-refractivity contribution is -0.114. The zero-order chi connectivity index (χ0) is 29.3. The molecular formula is C34H39N3O5. The fourth-order valence-corrected chi connectivity index (χ4v) is 5.72. The SMILES string of the molecule is COc1ccc(OC)c(CCNC(=O)c2ccccc2C2CCN(CCN3C=COC(C4=CC=CC(=O)C4)=C3)CC2)c1. The Bertz CT molecular complexity index is 1400. The van der Waals surface area contributed by atoms with E-state index >= 15 is 0 Å². The van der Waals surface area contributed by atoms with E-state index in [0.29, 0.717) is 25.3 Å². The Labute approximate surface area is 247 Å². The lowest BCUT2D eigenvalue weighted by atomic mass is 9.86. The molecule has 220 valence electrons. The maximum atomic E-state index is 13.2. The van der Waals surface area contributed by atoms with Crippen LogP contribution in [-0.2, 0) is 16.0 Å². The predicted molar refractivity (Wildman–Crippen MR) is 162 cm³/mol. The van der Waals surface area contributed by atoms with Crippen LogP contribution in [0.2, 0.25) is 0 Å². The normalized spacial score (nSPS) is 17.4. The molecule has 0 bridgehead atoms. The van der Waals surface area contributed by atoms with Crippen molar-refractivity contribution in [3.8, 4) is 11.5 Å². The molecule has 1 N–H and O–H groups in total. The Morgan fingerprint density at radius 3 is 2.69 bits per heavy atom. The van der Waals surface area contributed by atoms with Gasteiger partial charge in [0.15, 0.2) is 5.78 Å². The number of nitrogens with one attached hydrogen (secondary N) is 1. The van der Waals surface area contributed by atoms with Gasteiger partial charge < -0.3 is 29.3 Å². The Hall–Kier alpha value is -4.30. The summed E-state index contributed by atoms with van der Waals surface area (Å²) in [6.07, 6.45) is 13.9. The summed E-state index contributed by atoms with van der Waals surface area (Å²) >= 11 is 0. The van der Waals surface area contributed by atoms with Crippen LogP contribution in [0, 0.1) is 0 Å². The third-order valence-electron chi connectivity index (χ3n) is 8.07. The molecule has 2 heterocycles. The number of carbonyl (C=O) groups is 2. The number of benzene rings is 2. The minimum atomic E-state index is -0.0399. The van der Waals surface area contributed by atoms with Gasteiger partial charge in [0, 0.05) is 49.6 Å². The van der Waals surface area contributed by atoms with Gasteiger partial charge in [-0.15, -0.1) is 0 Å². The van der Waals surface area contributed by atoms with Crippen LogP contribution in [0.3, 0.4) is 0 Å². The fourth-order valence-electron chi connectivity index (χ4n) is 5.72. The van der Waals surface area contributed by atoms with Crippen LogP contribution in [0.5, 0.6) is 11.5 Å². The maximum absolute atomic E-state index is 13.2. The molecule has 42 heavy (non-hydrogen) atoms. The van der Waals surface area contributed by atoms with E-state index in [4.69, 9.17) is 14.2 Å². The Kier molecular flexibility index (Phi) is 9.77. The number of nitrogens with zero attached hydrogens (tertiary/aromatic N) is 2. The van der Waals surface area contributed by atoms with Crippen LogP contribution in [0.25, 0.3) is 0 Å².